The van der Waals surface area contributed by atoms with Crippen LogP contribution in [0, 0.1) is 5.82 Å². The highest BCUT2D eigenvalue weighted by atomic mass is 19.1. The van der Waals surface area contributed by atoms with Crippen LogP contribution in [0.2, 0.25) is 0 Å². The first-order chi connectivity index (χ1) is 15.1. The lowest BCUT2D eigenvalue weighted by molar-refractivity contribution is 0.101. The van der Waals surface area contributed by atoms with E-state index in [1.807, 2.05) is 37.3 Å². The molecule has 0 saturated heterocycles. The van der Waals surface area contributed by atoms with Gasteiger partial charge < -0.3 is 14.2 Å². The average Bonchev–Trinajstić information content (AvgIpc) is 3.08. The van der Waals surface area contributed by atoms with Gasteiger partial charge in [-0.2, -0.15) is 0 Å². The molecule has 0 bridgehead atoms. The van der Waals surface area contributed by atoms with Gasteiger partial charge in [-0.05, 0) is 60.5 Å². The molecule has 0 unspecified atom stereocenters. The maximum atomic E-state index is 13.0. The largest absolute Gasteiger partial charge is 0.489 e. The van der Waals surface area contributed by atoms with Crippen LogP contribution in [-0.4, -0.2) is 11.9 Å². The fourth-order valence-corrected chi connectivity index (χ4v) is 3.58. The van der Waals surface area contributed by atoms with Crippen molar-refractivity contribution in [3.05, 3.63) is 107 Å². The van der Waals surface area contributed by atoms with Crippen molar-refractivity contribution >= 4 is 11.9 Å². The third-order valence-corrected chi connectivity index (χ3v) is 5.27. The average molecular weight is 414 g/mol. The molecule has 0 spiro atoms. The van der Waals surface area contributed by atoms with E-state index in [2.05, 4.69) is 0 Å². The van der Waals surface area contributed by atoms with Gasteiger partial charge in [0.2, 0.25) is 5.78 Å². The predicted octanol–water partition coefficient (Wildman–Crippen LogP) is 5.73. The number of hydrogen-bond acceptors (Lipinski definition) is 4. The molecule has 5 rings (SSSR count). The van der Waals surface area contributed by atoms with Gasteiger partial charge in [-0.15, -0.1) is 0 Å². The van der Waals surface area contributed by atoms with Gasteiger partial charge in [-0.3, -0.25) is 4.79 Å². The molecule has 0 fully saturated rings. The molecule has 5 heteroatoms. The Hall–Kier alpha value is -3.86. The minimum Gasteiger partial charge on any atom is -0.489 e. The summed E-state index contributed by atoms with van der Waals surface area (Å²) in [6.07, 6.45) is 3.55. The quantitative estimate of drug-likeness (QED) is 0.512. The van der Waals surface area contributed by atoms with Crippen molar-refractivity contribution in [3.63, 3.8) is 0 Å². The van der Waals surface area contributed by atoms with E-state index < -0.39 is 0 Å². The molecule has 2 aliphatic rings. The molecule has 0 N–H and O–H groups in total. The Morgan fingerprint density at radius 1 is 1.03 bits per heavy atom. The van der Waals surface area contributed by atoms with Gasteiger partial charge in [0.05, 0.1) is 5.56 Å². The molecule has 0 aromatic heterocycles. The summed E-state index contributed by atoms with van der Waals surface area (Å²) in [5.74, 6) is 1.64. The van der Waals surface area contributed by atoms with Crippen molar-refractivity contribution < 1.29 is 23.4 Å². The smallest absolute Gasteiger partial charge is 0.231 e. The zero-order valence-electron chi connectivity index (χ0n) is 16.8. The molecule has 2 aliphatic heterocycles. The molecular weight excluding hydrogens is 395 g/mol. The molecule has 0 radical (unpaired) electrons. The SMILES string of the molecule is C[C@@H]1Oc2ccccc2C=C1C=C1Oc2cc(OCc3ccc(F)cc3)ccc2C1=O. The van der Waals surface area contributed by atoms with Crippen molar-refractivity contribution in [3.8, 4) is 17.2 Å². The Morgan fingerprint density at radius 2 is 1.84 bits per heavy atom. The fraction of sp³-hybridized carbons (Fsp3) is 0.115. The molecular formula is C26H19FO4. The molecule has 0 amide bonds. The maximum Gasteiger partial charge on any atom is 0.231 e. The highest BCUT2D eigenvalue weighted by molar-refractivity contribution is 6.12. The summed E-state index contributed by atoms with van der Waals surface area (Å²) in [7, 11) is 0. The fourth-order valence-electron chi connectivity index (χ4n) is 3.58. The van der Waals surface area contributed by atoms with E-state index in [1.165, 1.54) is 12.1 Å². The number of rotatable bonds is 4. The van der Waals surface area contributed by atoms with Gasteiger partial charge in [0.1, 0.15) is 35.8 Å². The first-order valence-electron chi connectivity index (χ1n) is 10.00. The molecule has 154 valence electrons. The number of ketones is 1. The Labute approximate surface area is 179 Å². The maximum absolute atomic E-state index is 13.0. The number of halogens is 1. The van der Waals surface area contributed by atoms with Crippen LogP contribution in [0.1, 0.15) is 28.4 Å². The van der Waals surface area contributed by atoms with Gasteiger partial charge in [0, 0.05) is 11.6 Å². The van der Waals surface area contributed by atoms with E-state index in [4.69, 9.17) is 14.2 Å². The number of allylic oxidation sites excluding steroid dienone is 1. The minimum absolute atomic E-state index is 0.174. The molecule has 0 aliphatic carbocycles. The van der Waals surface area contributed by atoms with Crippen LogP contribution in [0.5, 0.6) is 17.2 Å². The van der Waals surface area contributed by atoms with Gasteiger partial charge in [-0.1, -0.05) is 30.3 Å². The number of benzene rings is 3. The van der Waals surface area contributed by atoms with Crippen LogP contribution in [0.15, 0.2) is 84.1 Å². The summed E-state index contributed by atoms with van der Waals surface area (Å²) >= 11 is 0. The summed E-state index contributed by atoms with van der Waals surface area (Å²) in [5, 5.41) is 0. The summed E-state index contributed by atoms with van der Waals surface area (Å²) in [5.41, 5.74) is 3.17. The zero-order valence-corrected chi connectivity index (χ0v) is 16.8. The highest BCUT2D eigenvalue weighted by Crippen LogP contribution is 2.36. The lowest BCUT2D eigenvalue weighted by Crippen LogP contribution is -2.18. The van der Waals surface area contributed by atoms with Crippen molar-refractivity contribution in [1.29, 1.82) is 0 Å². The van der Waals surface area contributed by atoms with Gasteiger partial charge >= 0.3 is 0 Å². The number of hydrogen-bond donors (Lipinski definition) is 0. The van der Waals surface area contributed by atoms with Gasteiger partial charge in [-0.25, -0.2) is 4.39 Å². The van der Waals surface area contributed by atoms with Crippen molar-refractivity contribution in [1.82, 2.24) is 0 Å². The van der Waals surface area contributed by atoms with E-state index in [9.17, 15) is 9.18 Å². The van der Waals surface area contributed by atoms with Crippen molar-refractivity contribution in [2.24, 2.45) is 0 Å². The van der Waals surface area contributed by atoms with E-state index >= 15 is 0 Å². The van der Waals surface area contributed by atoms with E-state index in [-0.39, 0.29) is 30.1 Å². The monoisotopic (exact) mass is 414 g/mol. The van der Waals surface area contributed by atoms with Crippen molar-refractivity contribution in [2.75, 3.05) is 0 Å². The number of fused-ring (bicyclic) bond motifs is 2. The standard InChI is InChI=1S/C26H19FO4/c1-16-19(12-18-4-2-3-5-23(18)30-16)13-25-26(28)22-11-10-21(14-24(22)31-25)29-15-17-6-8-20(27)9-7-17/h2-14,16H,15H2,1H3/t16-/m0/s1. The van der Waals surface area contributed by atoms with Crippen LogP contribution in [-0.2, 0) is 6.61 Å². The van der Waals surface area contributed by atoms with E-state index in [0.717, 1.165) is 22.4 Å². The first kappa shape index (κ1) is 19.1. The van der Waals surface area contributed by atoms with Crippen LogP contribution in [0.25, 0.3) is 6.08 Å². The van der Waals surface area contributed by atoms with Crippen molar-refractivity contribution in [2.45, 2.75) is 19.6 Å². The number of ether oxygens (including phenoxy) is 3. The topological polar surface area (TPSA) is 44.8 Å². The summed E-state index contributed by atoms with van der Waals surface area (Å²) < 4.78 is 30.6. The predicted molar refractivity (Wildman–Crippen MR) is 115 cm³/mol. The molecule has 0 saturated carbocycles. The Balaban J connectivity index is 1.35. The highest BCUT2D eigenvalue weighted by Gasteiger charge is 2.29. The third-order valence-electron chi connectivity index (χ3n) is 5.27. The molecule has 2 heterocycles. The number of carbonyl (C=O) groups is 1. The second kappa shape index (κ2) is 7.76. The summed E-state index contributed by atoms with van der Waals surface area (Å²) in [6, 6.07) is 19.0. The van der Waals surface area contributed by atoms with Gasteiger partial charge in [0.15, 0.2) is 5.76 Å². The summed E-state index contributed by atoms with van der Waals surface area (Å²) in [4.78, 5) is 12.8. The van der Waals surface area contributed by atoms with E-state index in [1.54, 1.807) is 36.4 Å². The number of Topliss-reactive ketones (excluding diaryl/α,β-unsaturated/α-hetero) is 1. The van der Waals surface area contributed by atoms with Crippen LogP contribution in [0.4, 0.5) is 4.39 Å². The van der Waals surface area contributed by atoms with Gasteiger partial charge in [0.25, 0.3) is 0 Å². The molecule has 31 heavy (non-hydrogen) atoms. The number of carbonyl (C=O) groups excluding carboxylic acids is 1. The van der Waals surface area contributed by atoms with Crippen LogP contribution in [0.3, 0.4) is 0 Å². The summed E-state index contributed by atoms with van der Waals surface area (Å²) in [6.45, 7) is 2.23. The minimum atomic E-state index is -0.288. The Kier molecular flexibility index (Phi) is 4.79. The number of para-hydroxylation sites is 1. The molecule has 1 atom stereocenters. The normalized spacial score (nSPS) is 18.0. The second-order valence-electron chi connectivity index (χ2n) is 7.46. The first-order valence-corrected chi connectivity index (χ1v) is 10.00. The molecule has 3 aromatic carbocycles. The Bertz CT molecular complexity index is 1220. The lowest BCUT2D eigenvalue weighted by atomic mass is 10.0. The second-order valence-corrected chi connectivity index (χ2v) is 7.46. The lowest BCUT2D eigenvalue weighted by Gasteiger charge is -2.22. The van der Waals surface area contributed by atoms with E-state index in [0.29, 0.717) is 17.1 Å². The molecule has 3 aromatic rings. The zero-order chi connectivity index (χ0) is 21.4. The third kappa shape index (κ3) is 3.82. The van der Waals surface area contributed by atoms with Crippen LogP contribution >= 0.6 is 0 Å². The van der Waals surface area contributed by atoms with Crippen LogP contribution < -0.4 is 14.2 Å². The Morgan fingerprint density at radius 3 is 2.68 bits per heavy atom. The molecule has 4 nitrogen and oxygen atoms in total.